The SMILES string of the molecule is C.CC[C@]1(O)C[C@@H]2CN(CCc3c([nH]c4ccccc34)[C@H](C(=O)OC)[C@H]2c2ccc3c(c2OC)N(C=O)[C@H]2[C@@](O)(C(=O)OC)[C@H](OC(C)=O)[C@]4(CC)C=CCN5CC[C@]32[C@@H]54)C1. The van der Waals surface area contributed by atoms with Crippen LogP contribution in [0.15, 0.2) is 48.6 Å². The van der Waals surface area contributed by atoms with Crippen LogP contribution in [-0.2, 0) is 45.2 Å². The molecule has 0 radical (unpaired) electrons. The number of esters is 3. The summed E-state index contributed by atoms with van der Waals surface area (Å²) in [5.41, 5.74) is -1.33. The van der Waals surface area contributed by atoms with Gasteiger partial charge in [-0.2, -0.15) is 0 Å². The monoisotopic (exact) mass is 840 g/mol. The molecule has 3 N–H and O–H groups in total. The number of carbonyl (C=O) groups is 4. The Kier molecular flexibility index (Phi) is 10.7. The number of carbonyl (C=O) groups excluding carboxylic acids is 4. The second kappa shape index (κ2) is 15.2. The van der Waals surface area contributed by atoms with Crippen LogP contribution in [0.25, 0.3) is 10.9 Å². The maximum absolute atomic E-state index is 14.6. The first-order valence-electron chi connectivity index (χ1n) is 21.3. The summed E-state index contributed by atoms with van der Waals surface area (Å²) in [6.45, 7) is 8.09. The van der Waals surface area contributed by atoms with Gasteiger partial charge in [-0.1, -0.05) is 63.8 Å². The molecule has 2 saturated heterocycles. The van der Waals surface area contributed by atoms with Crippen LogP contribution in [0.1, 0.15) is 88.1 Å². The van der Waals surface area contributed by atoms with E-state index in [1.165, 1.54) is 33.2 Å². The Morgan fingerprint density at radius 1 is 1.00 bits per heavy atom. The molecule has 328 valence electrons. The minimum absolute atomic E-state index is 0. The van der Waals surface area contributed by atoms with Crippen molar-refractivity contribution in [1.29, 1.82) is 0 Å². The van der Waals surface area contributed by atoms with Gasteiger partial charge in [0, 0.05) is 78.1 Å². The molecular formula is C47H60N4O10. The average molecular weight is 841 g/mol. The summed E-state index contributed by atoms with van der Waals surface area (Å²) in [4.78, 5) is 65.6. The van der Waals surface area contributed by atoms with Crippen molar-refractivity contribution in [2.45, 2.75) is 107 Å². The van der Waals surface area contributed by atoms with Crippen LogP contribution in [0.5, 0.6) is 5.75 Å². The lowest BCUT2D eigenvalue weighted by atomic mass is 9.47. The molecule has 61 heavy (non-hydrogen) atoms. The molecule has 14 nitrogen and oxygen atoms in total. The molecule has 9 rings (SSSR count). The summed E-state index contributed by atoms with van der Waals surface area (Å²) in [5, 5.41) is 26.5. The van der Waals surface area contributed by atoms with E-state index in [0.717, 1.165) is 22.2 Å². The van der Waals surface area contributed by atoms with Gasteiger partial charge in [-0.25, -0.2) is 4.79 Å². The van der Waals surface area contributed by atoms with Crippen LogP contribution in [0, 0.1) is 11.3 Å². The number of H-pyrrole nitrogens is 1. The minimum Gasteiger partial charge on any atom is -0.494 e. The molecule has 1 saturated carbocycles. The summed E-state index contributed by atoms with van der Waals surface area (Å²) in [7, 11) is 4.10. The number of aliphatic hydroxyl groups is 2. The van der Waals surface area contributed by atoms with Crippen molar-refractivity contribution in [3.05, 3.63) is 70.9 Å². The molecule has 1 spiro atoms. The van der Waals surface area contributed by atoms with Crippen LogP contribution < -0.4 is 9.64 Å². The maximum atomic E-state index is 14.6. The van der Waals surface area contributed by atoms with Gasteiger partial charge in [0.1, 0.15) is 11.7 Å². The van der Waals surface area contributed by atoms with Gasteiger partial charge in [-0.3, -0.25) is 24.2 Å². The quantitative estimate of drug-likeness (QED) is 0.127. The van der Waals surface area contributed by atoms with Crippen molar-refractivity contribution < 1.29 is 48.3 Å². The zero-order valence-electron chi connectivity index (χ0n) is 35.2. The van der Waals surface area contributed by atoms with Gasteiger partial charge in [0.15, 0.2) is 6.10 Å². The molecule has 6 heterocycles. The van der Waals surface area contributed by atoms with Crippen LogP contribution in [0.4, 0.5) is 5.69 Å². The Bertz CT molecular complexity index is 2290. The summed E-state index contributed by atoms with van der Waals surface area (Å²) < 4.78 is 23.7. The number of ether oxygens (including phenoxy) is 4. The number of nitrogens with zero attached hydrogens (tertiary/aromatic N) is 3. The smallest absolute Gasteiger partial charge is 0.344 e. The molecule has 3 aromatic rings. The van der Waals surface area contributed by atoms with Crippen molar-refractivity contribution in [3.63, 3.8) is 0 Å². The fourth-order valence-electron chi connectivity index (χ4n) is 13.4. The number of rotatable bonds is 8. The second-order valence-corrected chi connectivity index (χ2v) is 18.0. The molecule has 2 aromatic carbocycles. The highest BCUT2D eigenvalue weighted by atomic mass is 16.6. The minimum atomic E-state index is -2.52. The van der Waals surface area contributed by atoms with Gasteiger partial charge in [-0.15, -0.1) is 0 Å². The highest BCUT2D eigenvalue weighted by Crippen LogP contribution is 2.69. The highest BCUT2D eigenvalue weighted by Gasteiger charge is 2.81. The Balaban J connectivity index is 0.00000514. The Morgan fingerprint density at radius 3 is 2.44 bits per heavy atom. The summed E-state index contributed by atoms with van der Waals surface area (Å²) in [6, 6.07) is 10.3. The fraction of sp³-hybridized carbons (Fsp3) is 0.574. The number of methoxy groups -OCH3 is 3. The number of nitrogens with one attached hydrogen (secondary N) is 1. The molecule has 1 aromatic heterocycles. The molecule has 6 aliphatic rings. The Hall–Kier alpha value is -4.76. The number of piperidine rings is 1. The van der Waals surface area contributed by atoms with Gasteiger partial charge in [-0.05, 0) is 61.8 Å². The van der Waals surface area contributed by atoms with Gasteiger partial charge in [0.05, 0.1) is 38.7 Å². The second-order valence-electron chi connectivity index (χ2n) is 18.0. The molecular weight excluding hydrogens is 781 g/mol. The number of fused-ring (bicyclic) bond motifs is 6. The predicted molar refractivity (Wildman–Crippen MR) is 227 cm³/mol. The number of aromatic amines is 1. The van der Waals surface area contributed by atoms with E-state index < -0.39 is 70.0 Å². The van der Waals surface area contributed by atoms with Crippen molar-refractivity contribution >= 4 is 40.9 Å². The standard InChI is InChI=1S/C46H56N4O10.CH4/c1-7-43(55)22-27-23-48(24-43)20-16-29-28-12-9-10-13-32(28)47-35(29)34(38(53)58-5)33(27)30-14-15-31-36(37(30)57-4)50(25-51)40-45(31)18-21-49-19-11-17-44(8-2,39(45)49)41(60-26(3)52)46(40,56)42(54)59-6;/h9-15,17,25,27,33-34,39-41,47,55-56H,7-8,16,18-24H2,1-6H3;1H4/t27-,33-,34-,39+,40-,41-,43+,44-,45-,46+;/m1./s1. The highest BCUT2D eigenvalue weighted by molar-refractivity contribution is 5.95. The van der Waals surface area contributed by atoms with Crippen molar-refractivity contribution in [2.75, 3.05) is 59.0 Å². The lowest BCUT2D eigenvalue weighted by molar-refractivity contribution is -0.228. The van der Waals surface area contributed by atoms with Crippen molar-refractivity contribution in [2.24, 2.45) is 11.3 Å². The van der Waals surface area contributed by atoms with E-state index in [0.29, 0.717) is 93.8 Å². The maximum Gasteiger partial charge on any atom is 0.344 e. The van der Waals surface area contributed by atoms with E-state index >= 15 is 0 Å². The van der Waals surface area contributed by atoms with Gasteiger partial charge >= 0.3 is 17.9 Å². The lowest BCUT2D eigenvalue weighted by Crippen LogP contribution is -2.81. The molecule has 1 unspecified atom stereocenters. The number of para-hydroxylation sites is 1. The Morgan fingerprint density at radius 2 is 1.77 bits per heavy atom. The van der Waals surface area contributed by atoms with Crippen LogP contribution >= 0.6 is 0 Å². The van der Waals surface area contributed by atoms with E-state index in [4.69, 9.17) is 18.9 Å². The van der Waals surface area contributed by atoms with E-state index in [2.05, 4.69) is 20.9 Å². The van der Waals surface area contributed by atoms with Crippen LogP contribution in [-0.4, -0.2) is 133 Å². The lowest BCUT2D eigenvalue weighted by Gasteiger charge is -2.63. The fourth-order valence-corrected chi connectivity index (χ4v) is 13.4. The summed E-state index contributed by atoms with van der Waals surface area (Å²) >= 11 is 0. The van der Waals surface area contributed by atoms with E-state index in [9.17, 15) is 29.4 Å². The third kappa shape index (κ3) is 5.73. The molecule has 2 bridgehead atoms. The Labute approximate surface area is 357 Å². The molecule has 1 amide bonds. The third-order valence-electron chi connectivity index (χ3n) is 15.5. The molecule has 14 heteroatoms. The van der Waals surface area contributed by atoms with Crippen molar-refractivity contribution in [1.82, 2.24) is 14.8 Å². The number of anilines is 1. The first-order chi connectivity index (χ1) is 28.8. The number of hydrogen-bond donors (Lipinski definition) is 3. The molecule has 1 aliphatic carbocycles. The number of benzene rings is 2. The summed E-state index contributed by atoms with van der Waals surface area (Å²) in [6.07, 6.45) is 5.59. The topological polar surface area (TPSA) is 171 Å². The van der Waals surface area contributed by atoms with Crippen LogP contribution in [0.2, 0.25) is 0 Å². The predicted octanol–water partition coefficient (Wildman–Crippen LogP) is 4.34. The largest absolute Gasteiger partial charge is 0.494 e. The number of aromatic nitrogens is 1. The first kappa shape index (κ1) is 42.9. The average Bonchev–Trinajstić information content (AvgIpc) is 3.92. The molecule has 11 atom stereocenters. The van der Waals surface area contributed by atoms with E-state index in [-0.39, 0.29) is 13.3 Å². The zero-order chi connectivity index (χ0) is 42.5. The first-order valence-corrected chi connectivity index (χ1v) is 21.3. The summed E-state index contributed by atoms with van der Waals surface area (Å²) in [5.74, 6) is -3.64. The third-order valence-corrected chi connectivity index (χ3v) is 15.5. The van der Waals surface area contributed by atoms with Gasteiger partial charge in [0.2, 0.25) is 12.0 Å². The van der Waals surface area contributed by atoms with E-state index in [1.807, 2.05) is 56.3 Å². The van der Waals surface area contributed by atoms with Gasteiger partial charge < -0.3 is 39.0 Å². The van der Waals surface area contributed by atoms with Crippen molar-refractivity contribution in [3.8, 4) is 5.75 Å². The molecule has 5 aliphatic heterocycles. The van der Waals surface area contributed by atoms with E-state index in [1.54, 1.807) is 0 Å². The number of amides is 1. The zero-order valence-corrected chi connectivity index (χ0v) is 35.2. The van der Waals surface area contributed by atoms with Gasteiger partial charge in [0.25, 0.3) is 0 Å². The van der Waals surface area contributed by atoms with Crippen LogP contribution in [0.3, 0.4) is 0 Å². The normalized spacial score (nSPS) is 35.9. The molecule has 3 fully saturated rings. The number of hydrogen-bond acceptors (Lipinski definition) is 12.